The average molecular weight is 343 g/mol. The van der Waals surface area contributed by atoms with E-state index in [0.29, 0.717) is 6.42 Å². The Kier molecular flexibility index (Phi) is 3.55. The summed E-state index contributed by atoms with van der Waals surface area (Å²) in [5, 5.41) is 6.35. The molecule has 21 heavy (non-hydrogen) atoms. The van der Waals surface area contributed by atoms with Gasteiger partial charge in [-0.15, -0.1) is 6.58 Å². The lowest BCUT2D eigenvalue weighted by Crippen LogP contribution is -2.41. The van der Waals surface area contributed by atoms with Crippen LogP contribution in [0.3, 0.4) is 0 Å². The monoisotopic (exact) mass is 342 g/mol. The van der Waals surface area contributed by atoms with Gasteiger partial charge in [-0.3, -0.25) is 4.79 Å². The third kappa shape index (κ3) is 2.25. The van der Waals surface area contributed by atoms with Crippen molar-refractivity contribution >= 4 is 33.2 Å². The fraction of sp³-hybridized carbons (Fsp3) is 0.118. The molecule has 0 spiro atoms. The zero-order valence-electron chi connectivity index (χ0n) is 11.4. The Morgan fingerprint density at radius 1 is 1.19 bits per heavy atom. The second kappa shape index (κ2) is 5.37. The third-order valence-corrected chi connectivity index (χ3v) is 4.39. The number of halogens is 1. The molecule has 0 saturated heterocycles. The molecule has 0 fully saturated rings. The van der Waals surface area contributed by atoms with E-state index in [4.69, 9.17) is 0 Å². The van der Waals surface area contributed by atoms with Crippen LogP contribution in [-0.2, 0) is 10.3 Å². The molecular formula is C17H15BrN2O. The van der Waals surface area contributed by atoms with E-state index in [2.05, 4.69) is 33.1 Å². The van der Waals surface area contributed by atoms with Crippen molar-refractivity contribution in [3.05, 3.63) is 71.2 Å². The van der Waals surface area contributed by atoms with Gasteiger partial charge in [0.1, 0.15) is 5.54 Å². The predicted molar refractivity (Wildman–Crippen MR) is 89.3 cm³/mol. The molecule has 0 radical (unpaired) electrons. The quantitative estimate of drug-likeness (QED) is 0.814. The van der Waals surface area contributed by atoms with E-state index < -0.39 is 5.54 Å². The fourth-order valence-corrected chi connectivity index (χ4v) is 3.09. The number of rotatable bonds is 4. The van der Waals surface area contributed by atoms with Gasteiger partial charge < -0.3 is 10.6 Å². The zero-order chi connectivity index (χ0) is 14.9. The second-order valence-electron chi connectivity index (χ2n) is 5.00. The van der Waals surface area contributed by atoms with E-state index >= 15 is 0 Å². The Morgan fingerprint density at radius 2 is 1.90 bits per heavy atom. The van der Waals surface area contributed by atoms with Gasteiger partial charge in [0.25, 0.3) is 5.91 Å². The molecule has 0 aliphatic carbocycles. The number of carbonyl (C=O) groups excluding carboxylic acids is 1. The molecule has 2 N–H and O–H groups in total. The highest BCUT2D eigenvalue weighted by Gasteiger charge is 2.46. The first kappa shape index (κ1) is 13.9. The zero-order valence-corrected chi connectivity index (χ0v) is 13.0. The summed E-state index contributed by atoms with van der Waals surface area (Å²) in [4.78, 5) is 12.6. The molecule has 1 aliphatic heterocycles. The highest BCUT2D eigenvalue weighted by Crippen LogP contribution is 2.42. The minimum Gasteiger partial charge on any atom is -0.366 e. The van der Waals surface area contributed by atoms with Crippen molar-refractivity contribution in [2.45, 2.75) is 12.0 Å². The van der Waals surface area contributed by atoms with Crippen LogP contribution in [0.25, 0.3) is 0 Å². The molecule has 106 valence electrons. The smallest absolute Gasteiger partial charge is 0.255 e. The van der Waals surface area contributed by atoms with Crippen molar-refractivity contribution in [3.8, 4) is 0 Å². The Hall–Kier alpha value is -2.07. The number of hydrogen-bond donors (Lipinski definition) is 2. The van der Waals surface area contributed by atoms with Gasteiger partial charge in [0, 0.05) is 27.8 Å². The number of anilines is 2. The van der Waals surface area contributed by atoms with Gasteiger partial charge in [-0.05, 0) is 34.1 Å². The van der Waals surface area contributed by atoms with Crippen molar-refractivity contribution in [2.24, 2.45) is 0 Å². The normalized spacial score (nSPS) is 19.8. The number of carbonyl (C=O) groups is 1. The van der Waals surface area contributed by atoms with E-state index in [1.165, 1.54) is 0 Å². The molecule has 2 aromatic rings. The molecule has 1 aliphatic rings. The van der Waals surface area contributed by atoms with Crippen LogP contribution in [0.4, 0.5) is 11.4 Å². The van der Waals surface area contributed by atoms with Crippen molar-refractivity contribution in [1.29, 1.82) is 0 Å². The maximum Gasteiger partial charge on any atom is 0.255 e. The van der Waals surface area contributed by atoms with Crippen LogP contribution in [0.1, 0.15) is 12.0 Å². The molecule has 0 aromatic heterocycles. The molecule has 1 atom stereocenters. The first-order valence-corrected chi connectivity index (χ1v) is 7.51. The SMILES string of the molecule is C=CCC1(Nc2ccccc2Br)C(=O)Nc2ccccc21. The Morgan fingerprint density at radius 3 is 2.67 bits per heavy atom. The fourth-order valence-electron chi connectivity index (χ4n) is 2.70. The molecule has 1 heterocycles. The number of amides is 1. The van der Waals surface area contributed by atoms with Gasteiger partial charge in [-0.1, -0.05) is 36.4 Å². The Labute approximate surface area is 132 Å². The first-order valence-electron chi connectivity index (χ1n) is 6.72. The van der Waals surface area contributed by atoms with Gasteiger partial charge in [-0.2, -0.15) is 0 Å². The van der Waals surface area contributed by atoms with Crippen LogP contribution in [0, 0.1) is 0 Å². The largest absolute Gasteiger partial charge is 0.366 e. The van der Waals surface area contributed by atoms with E-state index in [9.17, 15) is 4.79 Å². The van der Waals surface area contributed by atoms with Crippen LogP contribution in [0.5, 0.6) is 0 Å². The molecule has 1 unspecified atom stereocenters. The van der Waals surface area contributed by atoms with Crippen LogP contribution in [0.2, 0.25) is 0 Å². The minimum atomic E-state index is -0.817. The van der Waals surface area contributed by atoms with E-state index in [1.807, 2.05) is 48.5 Å². The van der Waals surface area contributed by atoms with Gasteiger partial charge >= 0.3 is 0 Å². The summed E-state index contributed by atoms with van der Waals surface area (Å²) >= 11 is 3.52. The first-order chi connectivity index (χ1) is 10.2. The molecule has 0 saturated carbocycles. The van der Waals surface area contributed by atoms with Crippen molar-refractivity contribution in [2.75, 3.05) is 10.6 Å². The number of para-hydroxylation sites is 2. The summed E-state index contributed by atoms with van der Waals surface area (Å²) in [5.74, 6) is -0.0562. The number of fused-ring (bicyclic) bond motifs is 1. The van der Waals surface area contributed by atoms with E-state index in [-0.39, 0.29) is 5.91 Å². The maximum absolute atomic E-state index is 12.6. The standard InChI is InChI=1S/C17H15BrN2O/c1-2-11-17(20-15-10-6-4-8-13(15)18)12-7-3-5-9-14(12)19-16(17)21/h2-10,20H,1,11H2,(H,19,21). The van der Waals surface area contributed by atoms with Gasteiger partial charge in [-0.25, -0.2) is 0 Å². The molecule has 4 heteroatoms. The molecular weight excluding hydrogens is 328 g/mol. The number of nitrogens with one attached hydrogen (secondary N) is 2. The van der Waals surface area contributed by atoms with E-state index in [0.717, 1.165) is 21.4 Å². The molecule has 2 aromatic carbocycles. The van der Waals surface area contributed by atoms with Crippen LogP contribution >= 0.6 is 15.9 Å². The maximum atomic E-state index is 12.6. The van der Waals surface area contributed by atoms with Crippen molar-refractivity contribution < 1.29 is 4.79 Å². The predicted octanol–water partition coefficient (Wildman–Crippen LogP) is 4.28. The highest BCUT2D eigenvalue weighted by molar-refractivity contribution is 9.10. The second-order valence-corrected chi connectivity index (χ2v) is 5.86. The Bertz CT molecular complexity index is 713. The average Bonchev–Trinajstić information content (AvgIpc) is 2.75. The number of benzene rings is 2. The van der Waals surface area contributed by atoms with E-state index in [1.54, 1.807) is 6.08 Å². The molecule has 1 amide bonds. The molecule has 0 bridgehead atoms. The van der Waals surface area contributed by atoms with Gasteiger partial charge in [0.2, 0.25) is 0 Å². The molecule has 3 rings (SSSR count). The van der Waals surface area contributed by atoms with Crippen LogP contribution in [0.15, 0.2) is 65.7 Å². The lowest BCUT2D eigenvalue weighted by Gasteiger charge is -2.29. The number of hydrogen-bond acceptors (Lipinski definition) is 2. The van der Waals surface area contributed by atoms with Crippen LogP contribution in [-0.4, -0.2) is 5.91 Å². The van der Waals surface area contributed by atoms with Crippen molar-refractivity contribution in [1.82, 2.24) is 0 Å². The van der Waals surface area contributed by atoms with Gasteiger partial charge in [0.05, 0.1) is 0 Å². The summed E-state index contributed by atoms with van der Waals surface area (Å²) in [6, 6.07) is 15.5. The van der Waals surface area contributed by atoms with Crippen molar-refractivity contribution in [3.63, 3.8) is 0 Å². The lowest BCUT2D eigenvalue weighted by molar-refractivity contribution is -0.119. The van der Waals surface area contributed by atoms with Crippen LogP contribution < -0.4 is 10.6 Å². The third-order valence-electron chi connectivity index (χ3n) is 3.70. The summed E-state index contributed by atoms with van der Waals surface area (Å²) in [7, 11) is 0. The summed E-state index contributed by atoms with van der Waals surface area (Å²) in [6.45, 7) is 3.81. The molecule has 3 nitrogen and oxygen atoms in total. The highest BCUT2D eigenvalue weighted by atomic mass is 79.9. The minimum absolute atomic E-state index is 0.0562. The summed E-state index contributed by atoms with van der Waals surface area (Å²) in [5.41, 5.74) is 1.86. The topological polar surface area (TPSA) is 41.1 Å². The summed E-state index contributed by atoms with van der Waals surface area (Å²) < 4.78 is 0.922. The lowest BCUT2D eigenvalue weighted by atomic mass is 9.87. The van der Waals surface area contributed by atoms with Gasteiger partial charge in [0.15, 0.2) is 0 Å². The summed E-state index contributed by atoms with van der Waals surface area (Å²) in [6.07, 6.45) is 2.28. The Balaban J connectivity index is 2.11.